The molecule has 2 aliphatic rings. The molecular formula is C12H17NO5S2. The topological polar surface area (TPSA) is 72.9 Å². The maximum absolute atomic E-state index is 12.8. The molecule has 20 heavy (non-hydrogen) atoms. The monoisotopic (exact) mass is 319 g/mol. The summed E-state index contributed by atoms with van der Waals surface area (Å²) >= 11 is 2.92. The molecule has 0 N–H and O–H groups in total. The number of cyclic esters (lactones) is 1. The van der Waals surface area contributed by atoms with Crippen LogP contribution in [0.25, 0.3) is 0 Å². The molecule has 1 saturated heterocycles. The molecule has 1 aliphatic carbocycles. The summed E-state index contributed by atoms with van der Waals surface area (Å²) in [4.78, 5) is 37.7. The molecule has 0 aromatic heterocycles. The largest absolute Gasteiger partial charge is 0.468 e. The number of hydrogen-bond acceptors (Lipinski definition) is 7. The highest BCUT2D eigenvalue weighted by atomic mass is 32.2. The molecule has 0 aromatic rings. The van der Waals surface area contributed by atoms with Gasteiger partial charge in [0.2, 0.25) is 0 Å². The van der Waals surface area contributed by atoms with E-state index in [4.69, 9.17) is 9.47 Å². The zero-order valence-electron chi connectivity index (χ0n) is 11.6. The summed E-state index contributed by atoms with van der Waals surface area (Å²) in [5, 5.41) is 0. The van der Waals surface area contributed by atoms with Gasteiger partial charge in [-0.15, -0.1) is 23.5 Å². The van der Waals surface area contributed by atoms with Crippen molar-refractivity contribution >= 4 is 41.5 Å². The van der Waals surface area contributed by atoms with E-state index in [1.165, 1.54) is 30.6 Å². The van der Waals surface area contributed by atoms with E-state index in [1.54, 1.807) is 0 Å². The number of nitrogens with zero attached hydrogens (tertiary/aromatic N) is 1. The number of thioether (sulfide) groups is 2. The Labute approximate surface area is 125 Å². The summed E-state index contributed by atoms with van der Waals surface area (Å²) in [5.74, 6) is -1.07. The molecule has 0 radical (unpaired) electrons. The van der Waals surface area contributed by atoms with Crippen LogP contribution in [0, 0.1) is 5.41 Å². The minimum Gasteiger partial charge on any atom is -0.468 e. The lowest BCUT2D eigenvalue weighted by Crippen LogP contribution is -2.65. The highest BCUT2D eigenvalue weighted by molar-refractivity contribution is 8.17. The molecule has 1 heterocycles. The Morgan fingerprint density at radius 3 is 2.30 bits per heavy atom. The third-order valence-corrected chi connectivity index (χ3v) is 7.47. The Balaban J connectivity index is 2.41. The quantitative estimate of drug-likeness (QED) is 0.440. The summed E-state index contributed by atoms with van der Waals surface area (Å²) in [6.45, 7) is 0.364. The summed E-state index contributed by atoms with van der Waals surface area (Å²) in [7, 11) is 1.27. The van der Waals surface area contributed by atoms with Gasteiger partial charge < -0.3 is 9.47 Å². The van der Waals surface area contributed by atoms with Crippen LogP contribution >= 0.6 is 23.5 Å². The van der Waals surface area contributed by atoms with Gasteiger partial charge >= 0.3 is 12.1 Å². The van der Waals surface area contributed by atoms with Crippen LogP contribution in [-0.2, 0) is 19.1 Å². The Bertz CT molecular complexity index is 446. The first-order valence-electron chi connectivity index (χ1n) is 6.16. The maximum atomic E-state index is 12.8. The van der Waals surface area contributed by atoms with Crippen LogP contribution in [0.1, 0.15) is 12.8 Å². The number of ether oxygens (including phenoxy) is 2. The third-order valence-electron chi connectivity index (χ3n) is 4.04. The van der Waals surface area contributed by atoms with E-state index >= 15 is 0 Å². The molecule has 112 valence electrons. The number of carbonyl (C=O) groups excluding carboxylic acids is 3. The molecule has 1 atom stereocenters. The van der Waals surface area contributed by atoms with Crippen molar-refractivity contribution in [3.8, 4) is 0 Å². The van der Waals surface area contributed by atoms with Crippen LogP contribution in [0.4, 0.5) is 4.79 Å². The van der Waals surface area contributed by atoms with Crippen LogP contribution < -0.4 is 0 Å². The standard InChI is InChI=1S/C12H17NO5S2/c1-17-9(15)11(4-5-12(11,19-2)20-3)8(14)13-6-7-18-10(13)16/h4-7H2,1-3H3. The molecule has 0 bridgehead atoms. The van der Waals surface area contributed by atoms with Crippen LogP contribution in [0.5, 0.6) is 0 Å². The van der Waals surface area contributed by atoms with Crippen molar-refractivity contribution in [2.45, 2.75) is 16.9 Å². The van der Waals surface area contributed by atoms with Gasteiger partial charge in [-0.25, -0.2) is 9.69 Å². The van der Waals surface area contributed by atoms with Crippen molar-refractivity contribution in [3.05, 3.63) is 0 Å². The molecule has 0 spiro atoms. The molecule has 2 amide bonds. The van der Waals surface area contributed by atoms with Crippen LogP contribution in [0.2, 0.25) is 0 Å². The number of esters is 1. The first-order chi connectivity index (χ1) is 9.49. The van der Waals surface area contributed by atoms with Gasteiger partial charge in [-0.1, -0.05) is 0 Å². The minimum atomic E-state index is -1.30. The van der Waals surface area contributed by atoms with Gasteiger partial charge in [-0.2, -0.15) is 0 Å². The van der Waals surface area contributed by atoms with E-state index in [9.17, 15) is 14.4 Å². The van der Waals surface area contributed by atoms with Crippen molar-refractivity contribution in [1.82, 2.24) is 4.90 Å². The second kappa shape index (κ2) is 5.48. The molecule has 1 unspecified atom stereocenters. The summed E-state index contributed by atoms with van der Waals surface area (Å²) in [5.41, 5.74) is -1.30. The first kappa shape index (κ1) is 15.5. The van der Waals surface area contributed by atoms with Crippen LogP contribution in [-0.4, -0.2) is 59.7 Å². The van der Waals surface area contributed by atoms with Gasteiger partial charge in [0.25, 0.3) is 5.91 Å². The van der Waals surface area contributed by atoms with E-state index in [0.29, 0.717) is 6.42 Å². The van der Waals surface area contributed by atoms with E-state index in [0.717, 1.165) is 11.3 Å². The highest BCUT2D eigenvalue weighted by Gasteiger charge is 2.70. The van der Waals surface area contributed by atoms with Crippen molar-refractivity contribution in [2.75, 3.05) is 32.8 Å². The van der Waals surface area contributed by atoms with Gasteiger partial charge in [-0.05, 0) is 25.4 Å². The van der Waals surface area contributed by atoms with Gasteiger partial charge in [0, 0.05) is 0 Å². The Morgan fingerprint density at radius 1 is 1.30 bits per heavy atom. The SMILES string of the molecule is COC(=O)C1(C(=O)N2CCOC2=O)CCC1(SC)SC. The molecule has 8 heteroatoms. The first-order valence-corrected chi connectivity index (χ1v) is 8.61. The number of hydrogen-bond donors (Lipinski definition) is 0. The molecule has 0 aromatic carbocycles. The zero-order valence-corrected chi connectivity index (χ0v) is 13.3. The average molecular weight is 319 g/mol. The number of amides is 2. The normalized spacial score (nSPS) is 27.8. The van der Waals surface area contributed by atoms with Crippen LogP contribution in [0.3, 0.4) is 0 Å². The zero-order chi connectivity index (χ0) is 15.0. The average Bonchev–Trinajstić information content (AvgIpc) is 2.85. The van der Waals surface area contributed by atoms with E-state index in [-0.39, 0.29) is 13.2 Å². The Hall–Kier alpha value is -0.890. The third kappa shape index (κ3) is 1.84. The fourth-order valence-electron chi connectivity index (χ4n) is 2.81. The number of rotatable bonds is 4. The molecule has 6 nitrogen and oxygen atoms in total. The molecular weight excluding hydrogens is 302 g/mol. The highest BCUT2D eigenvalue weighted by Crippen LogP contribution is 2.64. The molecule has 1 saturated carbocycles. The van der Waals surface area contributed by atoms with E-state index in [1.807, 2.05) is 12.5 Å². The lowest BCUT2D eigenvalue weighted by Gasteiger charge is -2.54. The second-order valence-corrected chi connectivity index (χ2v) is 7.10. The van der Waals surface area contributed by atoms with Gasteiger partial charge in [0.15, 0.2) is 5.41 Å². The van der Waals surface area contributed by atoms with E-state index < -0.39 is 27.5 Å². The Kier molecular flexibility index (Phi) is 4.24. The number of methoxy groups -OCH3 is 1. The maximum Gasteiger partial charge on any atom is 0.416 e. The lowest BCUT2D eigenvalue weighted by atomic mass is 9.66. The predicted molar refractivity (Wildman–Crippen MR) is 76.5 cm³/mol. The smallest absolute Gasteiger partial charge is 0.416 e. The lowest BCUT2D eigenvalue weighted by molar-refractivity contribution is -0.168. The predicted octanol–water partition coefficient (Wildman–Crippen LogP) is 1.34. The fourth-order valence-corrected chi connectivity index (χ4v) is 5.33. The number of carbonyl (C=O) groups is 3. The fraction of sp³-hybridized carbons (Fsp3) is 0.750. The number of imide groups is 1. The van der Waals surface area contributed by atoms with Gasteiger partial charge in [0.05, 0.1) is 17.7 Å². The van der Waals surface area contributed by atoms with Crippen molar-refractivity contribution in [1.29, 1.82) is 0 Å². The van der Waals surface area contributed by atoms with Gasteiger partial charge in [-0.3, -0.25) is 9.59 Å². The Morgan fingerprint density at radius 2 is 1.95 bits per heavy atom. The summed E-state index contributed by atoms with van der Waals surface area (Å²) < 4.78 is 9.08. The van der Waals surface area contributed by atoms with Crippen molar-refractivity contribution in [3.63, 3.8) is 0 Å². The van der Waals surface area contributed by atoms with Crippen molar-refractivity contribution < 1.29 is 23.9 Å². The molecule has 2 rings (SSSR count). The van der Waals surface area contributed by atoms with Crippen LogP contribution in [0.15, 0.2) is 0 Å². The van der Waals surface area contributed by atoms with Crippen molar-refractivity contribution in [2.24, 2.45) is 5.41 Å². The minimum absolute atomic E-state index is 0.174. The molecule has 2 fully saturated rings. The summed E-state index contributed by atoms with van der Waals surface area (Å²) in [6.07, 6.45) is 4.16. The molecule has 1 aliphatic heterocycles. The van der Waals surface area contributed by atoms with Gasteiger partial charge in [0.1, 0.15) is 6.61 Å². The summed E-state index contributed by atoms with van der Waals surface area (Å²) in [6, 6.07) is 0. The second-order valence-electron chi connectivity index (χ2n) is 4.63. The van der Waals surface area contributed by atoms with E-state index in [2.05, 4.69) is 0 Å².